The van der Waals surface area contributed by atoms with Crippen LogP contribution < -0.4 is 5.32 Å². The zero-order valence-electron chi connectivity index (χ0n) is 11.3. The highest BCUT2D eigenvalue weighted by Crippen LogP contribution is 2.26. The van der Waals surface area contributed by atoms with E-state index in [4.69, 9.17) is 0 Å². The van der Waals surface area contributed by atoms with E-state index >= 15 is 0 Å². The molecule has 3 nitrogen and oxygen atoms in total. The SMILES string of the molecule is CC(C)CCC(=O)c1cc2c(cc1F)NC(=O)CC2. The maximum Gasteiger partial charge on any atom is 0.224 e. The van der Waals surface area contributed by atoms with Crippen LogP contribution in [0.2, 0.25) is 0 Å². The van der Waals surface area contributed by atoms with Gasteiger partial charge < -0.3 is 5.32 Å². The molecule has 0 radical (unpaired) electrons. The third kappa shape index (κ3) is 3.19. The highest BCUT2D eigenvalue weighted by Gasteiger charge is 2.20. The van der Waals surface area contributed by atoms with Crippen molar-refractivity contribution in [1.29, 1.82) is 0 Å². The summed E-state index contributed by atoms with van der Waals surface area (Å²) in [6.07, 6.45) is 2.07. The average molecular weight is 263 g/mol. The van der Waals surface area contributed by atoms with E-state index < -0.39 is 5.82 Å². The summed E-state index contributed by atoms with van der Waals surface area (Å²) in [5.74, 6) is -0.393. The molecular formula is C15H18FNO2. The molecule has 0 fully saturated rings. The topological polar surface area (TPSA) is 46.2 Å². The van der Waals surface area contributed by atoms with Crippen molar-refractivity contribution >= 4 is 17.4 Å². The Balaban J connectivity index is 2.22. The number of fused-ring (bicyclic) bond motifs is 1. The van der Waals surface area contributed by atoms with Crippen LogP contribution in [0, 0.1) is 11.7 Å². The fraction of sp³-hybridized carbons (Fsp3) is 0.467. The molecule has 1 N–H and O–H groups in total. The third-order valence-corrected chi connectivity index (χ3v) is 3.34. The summed E-state index contributed by atoms with van der Waals surface area (Å²) in [7, 11) is 0. The highest BCUT2D eigenvalue weighted by atomic mass is 19.1. The average Bonchev–Trinajstić information content (AvgIpc) is 2.35. The smallest absolute Gasteiger partial charge is 0.224 e. The molecule has 0 saturated carbocycles. The molecule has 1 aliphatic heterocycles. The number of Topliss-reactive ketones (excluding diaryl/α,β-unsaturated/α-hetero) is 1. The number of hydrogen-bond donors (Lipinski definition) is 1. The summed E-state index contributed by atoms with van der Waals surface area (Å²) in [5.41, 5.74) is 1.48. The van der Waals surface area contributed by atoms with Gasteiger partial charge in [-0.1, -0.05) is 13.8 Å². The number of hydrogen-bond acceptors (Lipinski definition) is 2. The molecule has 0 aliphatic carbocycles. The fourth-order valence-corrected chi connectivity index (χ4v) is 2.17. The van der Waals surface area contributed by atoms with Crippen LogP contribution in [0.15, 0.2) is 12.1 Å². The van der Waals surface area contributed by atoms with E-state index in [0.717, 1.165) is 12.0 Å². The monoisotopic (exact) mass is 263 g/mol. The Bertz CT molecular complexity index is 523. The van der Waals surface area contributed by atoms with E-state index in [2.05, 4.69) is 5.32 Å². The van der Waals surface area contributed by atoms with Gasteiger partial charge in [0.25, 0.3) is 0 Å². The minimum absolute atomic E-state index is 0.106. The van der Waals surface area contributed by atoms with E-state index in [1.807, 2.05) is 13.8 Å². The zero-order valence-corrected chi connectivity index (χ0v) is 11.3. The lowest BCUT2D eigenvalue weighted by Crippen LogP contribution is -2.20. The molecule has 0 aromatic heterocycles. The highest BCUT2D eigenvalue weighted by molar-refractivity contribution is 5.99. The van der Waals surface area contributed by atoms with Crippen LogP contribution in [0.25, 0.3) is 0 Å². The minimum Gasteiger partial charge on any atom is -0.326 e. The quantitative estimate of drug-likeness (QED) is 0.847. The molecule has 0 bridgehead atoms. The number of anilines is 1. The number of benzene rings is 1. The summed E-state index contributed by atoms with van der Waals surface area (Å²) in [6.45, 7) is 4.07. The maximum atomic E-state index is 13.9. The molecule has 1 aliphatic rings. The van der Waals surface area contributed by atoms with Gasteiger partial charge in [0.1, 0.15) is 5.82 Å². The van der Waals surface area contributed by atoms with E-state index in [0.29, 0.717) is 30.9 Å². The molecule has 1 heterocycles. The summed E-state index contributed by atoms with van der Waals surface area (Å²) in [6, 6.07) is 2.85. The molecule has 2 rings (SSSR count). The van der Waals surface area contributed by atoms with Gasteiger partial charge in [0.2, 0.25) is 5.91 Å². The molecular weight excluding hydrogens is 245 g/mol. The van der Waals surface area contributed by atoms with Gasteiger partial charge in [-0.25, -0.2) is 4.39 Å². The van der Waals surface area contributed by atoms with Gasteiger partial charge in [0.15, 0.2) is 5.78 Å². The third-order valence-electron chi connectivity index (χ3n) is 3.34. The molecule has 1 amide bonds. The number of ketones is 1. The van der Waals surface area contributed by atoms with Crippen molar-refractivity contribution in [2.45, 2.75) is 39.5 Å². The summed E-state index contributed by atoms with van der Waals surface area (Å²) < 4.78 is 13.9. The van der Waals surface area contributed by atoms with Crippen molar-refractivity contribution in [3.8, 4) is 0 Å². The van der Waals surface area contributed by atoms with Crippen LogP contribution >= 0.6 is 0 Å². The van der Waals surface area contributed by atoms with Gasteiger partial charge in [-0.2, -0.15) is 0 Å². The number of carbonyl (C=O) groups excluding carboxylic acids is 2. The number of carbonyl (C=O) groups is 2. The van der Waals surface area contributed by atoms with Crippen molar-refractivity contribution in [2.24, 2.45) is 5.92 Å². The Kier molecular flexibility index (Phi) is 3.98. The van der Waals surface area contributed by atoms with Gasteiger partial charge in [-0.3, -0.25) is 9.59 Å². The van der Waals surface area contributed by atoms with Gasteiger partial charge in [-0.05, 0) is 36.5 Å². The summed E-state index contributed by atoms with van der Waals surface area (Å²) in [4.78, 5) is 23.2. The molecule has 1 aromatic carbocycles. The Morgan fingerprint density at radius 2 is 2.11 bits per heavy atom. The predicted octanol–water partition coefficient (Wildman–Crippen LogP) is 3.33. The molecule has 0 atom stereocenters. The lowest BCUT2D eigenvalue weighted by molar-refractivity contribution is -0.116. The molecule has 1 aromatic rings. The molecule has 4 heteroatoms. The molecule has 19 heavy (non-hydrogen) atoms. The van der Waals surface area contributed by atoms with Crippen molar-refractivity contribution < 1.29 is 14.0 Å². The van der Waals surface area contributed by atoms with Crippen LogP contribution in [0.4, 0.5) is 10.1 Å². The number of rotatable bonds is 4. The second kappa shape index (κ2) is 5.51. The fourth-order valence-electron chi connectivity index (χ4n) is 2.17. The second-order valence-electron chi connectivity index (χ2n) is 5.39. The Labute approximate surface area is 112 Å². The Morgan fingerprint density at radius 1 is 1.37 bits per heavy atom. The van der Waals surface area contributed by atoms with Gasteiger partial charge in [0.05, 0.1) is 5.56 Å². The first kappa shape index (κ1) is 13.7. The van der Waals surface area contributed by atoms with Gasteiger partial charge >= 0.3 is 0 Å². The Hall–Kier alpha value is -1.71. The van der Waals surface area contributed by atoms with Crippen molar-refractivity contribution in [1.82, 2.24) is 0 Å². The minimum atomic E-state index is -0.547. The number of nitrogens with one attached hydrogen (secondary N) is 1. The number of amides is 1. The number of halogens is 1. The molecule has 0 saturated heterocycles. The lowest BCUT2D eigenvalue weighted by Gasteiger charge is -2.18. The predicted molar refractivity (Wildman–Crippen MR) is 71.8 cm³/mol. The van der Waals surface area contributed by atoms with Crippen LogP contribution in [0.3, 0.4) is 0 Å². The van der Waals surface area contributed by atoms with E-state index in [9.17, 15) is 14.0 Å². The van der Waals surface area contributed by atoms with Crippen molar-refractivity contribution in [3.05, 3.63) is 29.1 Å². The maximum absolute atomic E-state index is 13.9. The van der Waals surface area contributed by atoms with Crippen LogP contribution in [0.1, 0.15) is 49.0 Å². The molecule has 102 valence electrons. The van der Waals surface area contributed by atoms with Crippen LogP contribution in [-0.4, -0.2) is 11.7 Å². The first-order valence-electron chi connectivity index (χ1n) is 6.63. The van der Waals surface area contributed by atoms with E-state index in [-0.39, 0.29) is 17.3 Å². The number of aryl methyl sites for hydroxylation is 1. The van der Waals surface area contributed by atoms with Crippen molar-refractivity contribution in [3.63, 3.8) is 0 Å². The first-order valence-corrected chi connectivity index (χ1v) is 6.63. The first-order chi connectivity index (χ1) is 8.97. The zero-order chi connectivity index (χ0) is 14.0. The standard InChI is InChI=1S/C15H18FNO2/c1-9(2)3-5-14(18)11-7-10-4-6-15(19)17-13(10)8-12(11)16/h7-9H,3-6H2,1-2H3,(H,17,19). The van der Waals surface area contributed by atoms with Crippen LogP contribution in [-0.2, 0) is 11.2 Å². The summed E-state index contributed by atoms with van der Waals surface area (Å²) >= 11 is 0. The second-order valence-corrected chi connectivity index (χ2v) is 5.39. The van der Waals surface area contributed by atoms with Crippen LogP contribution in [0.5, 0.6) is 0 Å². The molecule has 0 spiro atoms. The van der Waals surface area contributed by atoms with Gasteiger partial charge in [0, 0.05) is 18.5 Å². The van der Waals surface area contributed by atoms with Crippen molar-refractivity contribution in [2.75, 3.05) is 5.32 Å². The molecule has 0 unspecified atom stereocenters. The van der Waals surface area contributed by atoms with Gasteiger partial charge in [-0.15, -0.1) is 0 Å². The summed E-state index contributed by atoms with van der Waals surface area (Å²) in [5, 5.41) is 2.63. The lowest BCUT2D eigenvalue weighted by atomic mass is 9.95. The Morgan fingerprint density at radius 3 is 2.79 bits per heavy atom. The van der Waals surface area contributed by atoms with E-state index in [1.165, 1.54) is 6.07 Å². The van der Waals surface area contributed by atoms with E-state index in [1.54, 1.807) is 6.07 Å². The largest absolute Gasteiger partial charge is 0.326 e. The normalized spacial score (nSPS) is 14.2.